The third-order valence-corrected chi connectivity index (χ3v) is 21.6. The summed E-state index contributed by atoms with van der Waals surface area (Å²) in [6.45, 7) is 6.47. The molecule has 0 aromatic heterocycles. The van der Waals surface area contributed by atoms with Crippen molar-refractivity contribution >= 4 is 22.0 Å². The van der Waals surface area contributed by atoms with E-state index in [2.05, 4.69) is 20.8 Å². The predicted octanol–water partition coefficient (Wildman–Crippen LogP) is 7.97. The summed E-state index contributed by atoms with van der Waals surface area (Å²) in [6, 6.07) is 7.52. The first-order valence-electron chi connectivity index (χ1n) is 10.8. The SMILES string of the molecule is CCC[CH2][Sn]([CH2]CCC)([CH2]CCC)[c]1ccccc1-c1c(F)c(F)cc(F)c1F. The summed E-state index contributed by atoms with van der Waals surface area (Å²) in [5.41, 5.74) is -0.177. The van der Waals surface area contributed by atoms with Crippen LogP contribution in [0.3, 0.4) is 0 Å². The van der Waals surface area contributed by atoms with Crippen LogP contribution in [0.25, 0.3) is 11.1 Å². The van der Waals surface area contributed by atoms with Gasteiger partial charge in [-0.15, -0.1) is 0 Å². The van der Waals surface area contributed by atoms with Crippen LogP contribution in [-0.4, -0.2) is 18.4 Å². The Labute approximate surface area is 176 Å². The van der Waals surface area contributed by atoms with Gasteiger partial charge in [0.25, 0.3) is 0 Å². The molecule has 160 valence electrons. The monoisotopic (exact) mass is 516 g/mol. The third kappa shape index (κ3) is 5.56. The molecular formula is C24H32F4Sn. The van der Waals surface area contributed by atoms with Crippen molar-refractivity contribution < 1.29 is 17.6 Å². The van der Waals surface area contributed by atoms with Crippen molar-refractivity contribution in [2.45, 2.75) is 72.6 Å². The van der Waals surface area contributed by atoms with Gasteiger partial charge < -0.3 is 0 Å². The fourth-order valence-corrected chi connectivity index (χ4v) is 21.1. The standard InChI is InChI=1S/C12H5F4.3C4H9.Sn/c13-8-6-9(14)12(16)10(11(8)15)7-4-2-1-3-5-7;3*1-3-4-2;/h1-4,6H;3*1,3-4H2,2H3;. The van der Waals surface area contributed by atoms with Crippen LogP contribution in [0, 0.1) is 23.3 Å². The molecule has 0 spiro atoms. The molecule has 0 N–H and O–H groups in total. The average Bonchev–Trinajstić information content (AvgIpc) is 2.73. The Kier molecular flexibility index (Phi) is 9.51. The van der Waals surface area contributed by atoms with E-state index in [4.69, 9.17) is 0 Å². The van der Waals surface area contributed by atoms with Crippen LogP contribution in [0.1, 0.15) is 59.3 Å². The van der Waals surface area contributed by atoms with Crippen LogP contribution >= 0.6 is 0 Å². The maximum absolute atomic E-state index is 14.7. The van der Waals surface area contributed by atoms with Gasteiger partial charge in [-0.3, -0.25) is 0 Å². The molecule has 2 rings (SSSR count). The summed E-state index contributed by atoms with van der Waals surface area (Å²) in [5, 5.41) is 0. The number of unbranched alkanes of at least 4 members (excludes halogenated alkanes) is 3. The molecule has 0 amide bonds. The van der Waals surface area contributed by atoms with Gasteiger partial charge in [-0.05, 0) is 0 Å². The molecular weight excluding hydrogens is 483 g/mol. The van der Waals surface area contributed by atoms with Crippen LogP contribution in [0.2, 0.25) is 13.3 Å². The second-order valence-corrected chi connectivity index (χ2v) is 21.1. The Morgan fingerprint density at radius 3 is 1.59 bits per heavy atom. The van der Waals surface area contributed by atoms with Gasteiger partial charge in [-0.25, -0.2) is 0 Å². The number of hydrogen-bond acceptors (Lipinski definition) is 0. The van der Waals surface area contributed by atoms with Crippen molar-refractivity contribution in [3.8, 4) is 11.1 Å². The van der Waals surface area contributed by atoms with E-state index in [0.717, 1.165) is 55.4 Å². The van der Waals surface area contributed by atoms with E-state index in [-0.39, 0.29) is 0 Å². The molecule has 0 radical (unpaired) electrons. The first-order chi connectivity index (χ1) is 13.9. The predicted molar refractivity (Wildman–Crippen MR) is 116 cm³/mol. The molecule has 0 atom stereocenters. The zero-order valence-electron chi connectivity index (χ0n) is 17.8. The van der Waals surface area contributed by atoms with E-state index in [1.54, 1.807) is 12.1 Å². The molecule has 0 aliphatic carbocycles. The normalized spacial score (nSPS) is 11.8. The Hall–Kier alpha value is -1.04. The van der Waals surface area contributed by atoms with Crippen LogP contribution in [0.15, 0.2) is 30.3 Å². The maximum atomic E-state index is 14.7. The fourth-order valence-electron chi connectivity index (χ4n) is 4.30. The molecule has 0 nitrogen and oxygen atoms in total. The first kappa shape index (κ1) is 24.2. The Balaban J connectivity index is 2.74. The topological polar surface area (TPSA) is 0 Å². The van der Waals surface area contributed by atoms with Gasteiger partial charge in [0.05, 0.1) is 0 Å². The van der Waals surface area contributed by atoms with Crippen molar-refractivity contribution in [1.29, 1.82) is 0 Å². The molecule has 0 fully saturated rings. The Morgan fingerprint density at radius 1 is 0.690 bits per heavy atom. The number of hydrogen-bond donors (Lipinski definition) is 0. The van der Waals surface area contributed by atoms with Crippen LogP contribution in [0.4, 0.5) is 17.6 Å². The molecule has 0 aliphatic rings. The Morgan fingerprint density at radius 2 is 1.14 bits per heavy atom. The van der Waals surface area contributed by atoms with Crippen LogP contribution in [-0.2, 0) is 0 Å². The van der Waals surface area contributed by atoms with E-state index < -0.39 is 47.2 Å². The summed E-state index contributed by atoms with van der Waals surface area (Å²) in [4.78, 5) is 0. The zero-order chi connectivity index (χ0) is 21.4. The number of rotatable bonds is 11. The molecule has 5 heteroatoms. The Bertz CT molecular complexity index is 756. The second kappa shape index (κ2) is 11.4. The molecule has 0 aliphatic heterocycles. The molecule has 2 aromatic rings. The van der Waals surface area contributed by atoms with Gasteiger partial charge >= 0.3 is 177 Å². The van der Waals surface area contributed by atoms with Crippen molar-refractivity contribution in [2.24, 2.45) is 0 Å². The average molecular weight is 515 g/mol. The van der Waals surface area contributed by atoms with Crippen LogP contribution in [0.5, 0.6) is 0 Å². The molecule has 0 unspecified atom stereocenters. The molecule has 2 aromatic carbocycles. The summed E-state index contributed by atoms with van der Waals surface area (Å²) in [5.74, 6) is -5.27. The van der Waals surface area contributed by atoms with E-state index >= 15 is 0 Å². The molecule has 0 bridgehead atoms. The zero-order valence-corrected chi connectivity index (χ0v) is 20.6. The van der Waals surface area contributed by atoms with Gasteiger partial charge in [0.2, 0.25) is 0 Å². The first-order valence-corrected chi connectivity index (χ1v) is 18.3. The minimum atomic E-state index is -3.07. The van der Waals surface area contributed by atoms with Crippen molar-refractivity contribution in [1.82, 2.24) is 0 Å². The van der Waals surface area contributed by atoms with Gasteiger partial charge in [0.1, 0.15) is 0 Å². The summed E-state index contributed by atoms with van der Waals surface area (Å²) >= 11 is -3.07. The van der Waals surface area contributed by atoms with Gasteiger partial charge in [-0.2, -0.15) is 0 Å². The summed E-state index contributed by atoms with van der Waals surface area (Å²) in [7, 11) is 0. The molecule has 0 saturated carbocycles. The fraction of sp³-hybridized carbons (Fsp3) is 0.500. The van der Waals surface area contributed by atoms with Gasteiger partial charge in [0, 0.05) is 0 Å². The van der Waals surface area contributed by atoms with E-state index in [1.165, 1.54) is 0 Å². The van der Waals surface area contributed by atoms with Crippen LogP contribution < -0.4 is 3.58 Å². The molecule has 29 heavy (non-hydrogen) atoms. The van der Waals surface area contributed by atoms with Crippen molar-refractivity contribution in [2.75, 3.05) is 0 Å². The van der Waals surface area contributed by atoms with Gasteiger partial charge in [0.15, 0.2) is 0 Å². The third-order valence-electron chi connectivity index (χ3n) is 5.91. The van der Waals surface area contributed by atoms with Gasteiger partial charge in [-0.1, -0.05) is 0 Å². The summed E-state index contributed by atoms with van der Waals surface area (Å²) in [6.07, 6.45) is 6.45. The second-order valence-electron chi connectivity index (χ2n) is 7.98. The summed E-state index contributed by atoms with van der Waals surface area (Å²) < 4.78 is 61.7. The van der Waals surface area contributed by atoms with E-state index in [9.17, 15) is 17.6 Å². The minimum absolute atomic E-state index is 0.290. The molecule has 0 saturated heterocycles. The quantitative estimate of drug-likeness (QED) is 0.162. The van der Waals surface area contributed by atoms with E-state index in [1.807, 2.05) is 12.1 Å². The van der Waals surface area contributed by atoms with E-state index in [0.29, 0.717) is 11.6 Å². The van der Waals surface area contributed by atoms with Crippen molar-refractivity contribution in [3.05, 3.63) is 53.6 Å². The number of benzene rings is 2. The molecule has 0 heterocycles. The number of halogens is 4. The van der Waals surface area contributed by atoms with Crippen molar-refractivity contribution in [3.63, 3.8) is 0 Å².